The molecule has 6 aliphatic heterocycles. The number of hydrogen-bond acceptors (Lipinski definition) is 30. The van der Waals surface area contributed by atoms with Crippen molar-refractivity contribution in [2.45, 2.75) is 125 Å². The van der Waals surface area contributed by atoms with E-state index in [9.17, 15) is 88.3 Å². The number of aliphatic hydroxyl groups is 8. The van der Waals surface area contributed by atoms with Crippen molar-refractivity contribution < 1.29 is 134 Å². The number of amides is 2. The molecule has 6 heterocycles. The van der Waals surface area contributed by atoms with E-state index >= 15 is 0 Å². The van der Waals surface area contributed by atoms with Crippen molar-refractivity contribution in [3.63, 3.8) is 0 Å². The van der Waals surface area contributed by atoms with E-state index in [2.05, 4.69) is 46.0 Å². The van der Waals surface area contributed by atoms with Crippen LogP contribution in [0.5, 0.6) is 0 Å². The van der Waals surface area contributed by atoms with Gasteiger partial charge < -0.3 is 110 Å². The Kier molecular flexibility index (Phi) is 21.3. The van der Waals surface area contributed by atoms with Gasteiger partial charge in [-0.1, -0.05) is 13.2 Å². The van der Waals surface area contributed by atoms with E-state index in [1.54, 1.807) is 6.92 Å². The first-order valence-corrected chi connectivity index (χ1v) is 28.1. The number of carbonyl (C=O) groups is 2. The van der Waals surface area contributed by atoms with Gasteiger partial charge in [0.25, 0.3) is 27.5 Å². The van der Waals surface area contributed by atoms with E-state index < -0.39 is 161 Å². The Balaban J connectivity index is 0.000000277. The molecule has 6 aliphatic rings. The van der Waals surface area contributed by atoms with Crippen molar-refractivity contribution in [2.75, 3.05) is 48.0 Å². The largest absolute Gasteiger partial charge is 0.756 e. The minimum Gasteiger partial charge on any atom is -0.756 e. The molecule has 0 saturated carbocycles. The number of nitrogens with zero attached hydrogens (tertiary/aromatic N) is 4. The van der Waals surface area contributed by atoms with Crippen LogP contribution in [0.25, 0.3) is 0 Å². The van der Waals surface area contributed by atoms with Gasteiger partial charge in [0, 0.05) is 30.5 Å². The van der Waals surface area contributed by atoms with Gasteiger partial charge in [-0.15, -0.1) is 0 Å². The summed E-state index contributed by atoms with van der Waals surface area (Å²) in [5, 5.41) is 86.3. The summed E-state index contributed by atoms with van der Waals surface area (Å²) in [6.45, 7) is 7.81. The van der Waals surface area contributed by atoms with E-state index in [0.29, 0.717) is 5.57 Å². The Hall–Kier alpha value is -2.54. The minimum atomic E-state index is -5.75. The summed E-state index contributed by atoms with van der Waals surface area (Å²) in [7, 11) is -16.2. The first-order chi connectivity index (χ1) is 34.6. The van der Waals surface area contributed by atoms with Crippen molar-refractivity contribution >= 4 is 43.1 Å². The monoisotopic (exact) mass is 1160 g/mol. The van der Waals surface area contributed by atoms with Gasteiger partial charge >= 0.3 is 15.6 Å². The molecule has 0 spiro atoms. The maximum atomic E-state index is 12.3. The molecule has 430 valence electrons. The first-order valence-electron chi connectivity index (χ1n) is 22.2. The fourth-order valence-electron chi connectivity index (χ4n) is 8.16. The zero-order valence-electron chi connectivity index (χ0n) is 40.7. The van der Waals surface area contributed by atoms with Gasteiger partial charge in [-0.3, -0.25) is 36.8 Å². The highest BCUT2D eigenvalue weighted by atomic mass is 31.3. The molecule has 6 rings (SSSR count). The van der Waals surface area contributed by atoms with E-state index in [1.165, 1.54) is 67.1 Å². The molecule has 75 heavy (non-hydrogen) atoms. The molecule has 12 N–H and O–H groups in total. The molecular formula is C37H62N6O28P4-2. The van der Waals surface area contributed by atoms with E-state index in [0.717, 1.165) is 6.08 Å². The number of rotatable bonds is 19. The van der Waals surface area contributed by atoms with Crippen LogP contribution in [-0.2, 0) is 73.5 Å². The Morgan fingerprint density at radius 3 is 1.73 bits per heavy atom. The summed E-state index contributed by atoms with van der Waals surface area (Å²) in [4.78, 5) is 72.9. The van der Waals surface area contributed by atoms with Crippen molar-refractivity contribution in [1.82, 2.24) is 30.2 Å². The smallest absolute Gasteiger partial charge is 0.478 e. The standard InChI is InChI=1S/C19H33N3O13P2.C18H31N3O15P2/c1-9-7-22(11(3)20-18(9)26)14-6-12(23)13(33-14)8-31-36(27,28)35-37(29,30)34-19-17(25)15(21(4)5)16(24)10(2)32-19;1-8-19-11(23)4-5-21(8)17-16(27)14(25)10(33-17)7-32-37(28,29)36-38(30,31)35-18-15(26)12(20(2)3)13(24)9(6-22)34-18/h7,10,12-17,19,23-25H,3,6,8H2,1-2,4-5H3,(H,20,26)(H,27,28)(H,29,30);4-5,9-10,12-18,22,24-27H,1,6-7H2,2-3H3,(H,19,23)(H,28,29)(H,30,31)/p-2/t10?,12?,13-,14-,15+,16-,17?,19-;9?,10-,12+,13-,14?,15?,16+,17-,18-/m11/s1. The average Bonchev–Trinajstić information content (AvgIpc) is 3.79. The topological polar surface area (TPSA) is 480 Å². The predicted molar refractivity (Wildman–Crippen MR) is 241 cm³/mol. The van der Waals surface area contributed by atoms with Crippen molar-refractivity contribution in [3.05, 3.63) is 48.8 Å². The molecule has 34 nitrogen and oxygen atoms in total. The van der Waals surface area contributed by atoms with Crippen LogP contribution in [0.2, 0.25) is 0 Å². The Bertz CT molecular complexity index is 2340. The normalized spacial score (nSPS) is 38.7. The van der Waals surface area contributed by atoms with Gasteiger partial charge in [-0.2, -0.15) is 0 Å². The minimum absolute atomic E-state index is 0.00973. The third-order valence-electron chi connectivity index (χ3n) is 11.9. The van der Waals surface area contributed by atoms with Crippen LogP contribution in [0.1, 0.15) is 20.3 Å². The summed E-state index contributed by atoms with van der Waals surface area (Å²) < 4.78 is 97.4. The fourth-order valence-corrected chi connectivity index (χ4v) is 12.4. The van der Waals surface area contributed by atoms with Gasteiger partial charge in [-0.05, 0) is 42.0 Å². The van der Waals surface area contributed by atoms with Crippen LogP contribution in [0, 0.1) is 0 Å². The van der Waals surface area contributed by atoms with Gasteiger partial charge in [0.05, 0.1) is 50.2 Å². The van der Waals surface area contributed by atoms with Gasteiger partial charge in [-0.25, -0.2) is 17.8 Å². The SMILES string of the molecule is C=C1NC(=O)C(C)=CN1[C@H]1CC(O)[C@@H](COP(=O)(O)OP(=O)([O-])O[C@H]2OC(C)[C@@H](O)[C@H](N(C)C)C2O)O1.C=C1NC(=O)C=CN1[C@@H]1O[C@H](COP(=O)(O)OP(=O)([O-])O[C@H]2OC(CO)[C@@H](O)[C@H](N(C)C)C2O)C(O)[C@@H]1O. The maximum Gasteiger partial charge on any atom is 0.478 e. The molecule has 0 radical (unpaired) electrons. The Labute approximate surface area is 427 Å². The number of aliphatic hydroxyl groups excluding tert-OH is 8. The number of likely N-dealkylation sites (N-methyl/N-ethyl adjacent to an activating group) is 2. The van der Waals surface area contributed by atoms with Gasteiger partial charge in [0.2, 0.25) is 0 Å². The van der Waals surface area contributed by atoms with Crippen LogP contribution in [0.3, 0.4) is 0 Å². The maximum absolute atomic E-state index is 12.3. The number of ether oxygens (including phenoxy) is 4. The van der Waals surface area contributed by atoms with Crippen LogP contribution >= 0.6 is 31.3 Å². The second kappa shape index (κ2) is 25.3. The molecular weight excluding hydrogens is 1100 g/mol. The summed E-state index contributed by atoms with van der Waals surface area (Å²) in [6.07, 6.45) is -17.6. The Morgan fingerprint density at radius 1 is 0.707 bits per heavy atom. The molecule has 10 unspecified atom stereocenters. The number of hydrogen-bond donors (Lipinski definition) is 12. The second-order valence-corrected chi connectivity index (χ2v) is 23.8. The average molecular weight is 1160 g/mol. The first kappa shape index (κ1) is 63.3. The lowest BCUT2D eigenvalue weighted by atomic mass is 9.95. The van der Waals surface area contributed by atoms with Gasteiger partial charge in [0.15, 0.2) is 18.8 Å². The highest BCUT2D eigenvalue weighted by Crippen LogP contribution is 2.60. The van der Waals surface area contributed by atoms with Crippen molar-refractivity contribution in [1.29, 1.82) is 0 Å². The highest BCUT2D eigenvalue weighted by molar-refractivity contribution is 7.61. The van der Waals surface area contributed by atoms with Crippen LogP contribution in [-0.4, -0.2) is 234 Å². The molecule has 4 fully saturated rings. The Morgan fingerprint density at radius 2 is 1.21 bits per heavy atom. The van der Waals surface area contributed by atoms with Crippen LogP contribution in [0.15, 0.2) is 48.8 Å². The third kappa shape index (κ3) is 16.1. The number of phosphoric acid groups is 4. The zero-order valence-corrected chi connectivity index (χ0v) is 44.3. The zero-order chi connectivity index (χ0) is 56.4. The van der Waals surface area contributed by atoms with Crippen LogP contribution < -0.4 is 20.4 Å². The van der Waals surface area contributed by atoms with Crippen LogP contribution in [0.4, 0.5) is 0 Å². The summed E-state index contributed by atoms with van der Waals surface area (Å²) in [5.74, 6) is -0.638. The molecule has 0 bridgehead atoms. The van der Waals surface area contributed by atoms with Crippen molar-refractivity contribution in [2.24, 2.45) is 0 Å². The number of carbonyl (C=O) groups excluding carboxylic acids is 2. The molecule has 2 amide bonds. The quantitative estimate of drug-likeness (QED) is 0.0536. The fraction of sp³-hybridized carbons (Fsp3) is 0.730. The molecule has 38 heteroatoms. The molecule has 0 aromatic carbocycles. The van der Waals surface area contributed by atoms with E-state index in [1.807, 2.05) is 0 Å². The van der Waals surface area contributed by atoms with E-state index in [4.69, 9.17) is 23.5 Å². The third-order valence-corrected chi connectivity index (χ3v) is 17.0. The van der Waals surface area contributed by atoms with Crippen molar-refractivity contribution in [3.8, 4) is 0 Å². The molecule has 0 aromatic heterocycles. The highest BCUT2D eigenvalue weighted by Gasteiger charge is 2.51. The number of nitrogens with one attached hydrogen (secondary N) is 2. The summed E-state index contributed by atoms with van der Waals surface area (Å²) >= 11 is 0. The lowest BCUT2D eigenvalue weighted by molar-refractivity contribution is -0.293. The molecule has 0 aliphatic carbocycles. The second-order valence-electron chi connectivity index (χ2n) is 17.9. The predicted octanol–water partition coefficient (Wildman–Crippen LogP) is -5.88. The lowest BCUT2D eigenvalue weighted by Gasteiger charge is -2.45. The summed E-state index contributed by atoms with van der Waals surface area (Å²) in [5.41, 5.74) is 0.359. The van der Waals surface area contributed by atoms with E-state index in [-0.39, 0.29) is 24.0 Å². The molecule has 21 atom stereocenters. The molecule has 4 saturated heterocycles. The van der Waals surface area contributed by atoms with Gasteiger partial charge in [0.1, 0.15) is 66.7 Å². The number of phosphoric ester groups is 4. The summed E-state index contributed by atoms with van der Waals surface area (Å²) in [6, 6.07) is -2.12. The lowest BCUT2D eigenvalue weighted by Crippen LogP contribution is -2.63. The molecule has 0 aromatic rings.